The first-order valence-electron chi connectivity index (χ1n) is 8.90. The summed E-state index contributed by atoms with van der Waals surface area (Å²) < 4.78 is 32.8. The zero-order chi connectivity index (χ0) is 19.6. The van der Waals surface area contributed by atoms with Crippen molar-refractivity contribution < 1.29 is 17.9 Å². The van der Waals surface area contributed by atoms with E-state index in [0.29, 0.717) is 18.7 Å². The van der Waals surface area contributed by atoms with Crippen molar-refractivity contribution in [3.63, 3.8) is 0 Å². The molecule has 27 heavy (non-hydrogen) atoms. The van der Waals surface area contributed by atoms with Crippen LogP contribution in [0.2, 0.25) is 0 Å². The molecule has 2 atom stereocenters. The molecule has 0 spiro atoms. The Hall–Kier alpha value is -2.22. The molecule has 0 aromatic heterocycles. The van der Waals surface area contributed by atoms with Gasteiger partial charge in [-0.2, -0.15) is 4.31 Å². The summed E-state index contributed by atoms with van der Waals surface area (Å²) in [5.74, 6) is -0.276. The van der Waals surface area contributed by atoms with Crippen LogP contribution in [0.5, 0.6) is 0 Å². The Labute approximate surface area is 160 Å². The number of para-hydroxylation sites is 1. The minimum atomic E-state index is -3.61. The fourth-order valence-corrected chi connectivity index (χ4v) is 4.75. The van der Waals surface area contributed by atoms with Crippen molar-refractivity contribution in [1.82, 2.24) is 4.31 Å². The number of anilines is 1. The van der Waals surface area contributed by atoms with Crippen molar-refractivity contribution in [3.05, 3.63) is 59.7 Å². The summed E-state index contributed by atoms with van der Waals surface area (Å²) in [7, 11) is -3.61. The molecular weight excluding hydrogens is 364 g/mol. The molecule has 1 heterocycles. The van der Waals surface area contributed by atoms with E-state index in [4.69, 9.17) is 4.74 Å². The Bertz CT molecular complexity index is 915. The van der Waals surface area contributed by atoms with E-state index in [1.165, 1.54) is 28.6 Å². The fourth-order valence-electron chi connectivity index (χ4n) is 3.16. The SMILES string of the molecule is Cc1ccccc1NC(=O)c1ccc(S(=O)(=O)N2C[C@H](C)O[C@@H](C)C2)cc1. The van der Waals surface area contributed by atoms with Gasteiger partial charge in [0.25, 0.3) is 5.91 Å². The number of amides is 1. The first-order valence-corrected chi connectivity index (χ1v) is 10.3. The van der Waals surface area contributed by atoms with Gasteiger partial charge in [-0.1, -0.05) is 18.2 Å². The monoisotopic (exact) mass is 388 g/mol. The number of aryl methyl sites for hydroxylation is 1. The third-order valence-electron chi connectivity index (χ3n) is 4.53. The van der Waals surface area contributed by atoms with Gasteiger partial charge in [-0.3, -0.25) is 4.79 Å². The molecule has 2 aromatic rings. The van der Waals surface area contributed by atoms with Gasteiger partial charge < -0.3 is 10.1 Å². The first-order chi connectivity index (χ1) is 12.8. The van der Waals surface area contributed by atoms with Crippen LogP contribution in [-0.4, -0.2) is 43.9 Å². The average Bonchev–Trinajstić information content (AvgIpc) is 2.63. The number of nitrogens with one attached hydrogen (secondary N) is 1. The molecule has 0 aliphatic carbocycles. The Morgan fingerprint density at radius 1 is 1.04 bits per heavy atom. The van der Waals surface area contributed by atoms with Crippen LogP contribution in [0.4, 0.5) is 5.69 Å². The molecule has 0 radical (unpaired) electrons. The van der Waals surface area contributed by atoms with E-state index >= 15 is 0 Å². The van der Waals surface area contributed by atoms with Crippen molar-refractivity contribution in [2.75, 3.05) is 18.4 Å². The van der Waals surface area contributed by atoms with Gasteiger partial charge in [0.15, 0.2) is 0 Å². The second kappa shape index (κ2) is 7.80. The number of carbonyl (C=O) groups excluding carboxylic acids is 1. The molecule has 1 saturated heterocycles. The smallest absolute Gasteiger partial charge is 0.255 e. The first kappa shape index (κ1) is 19.5. The topological polar surface area (TPSA) is 75.7 Å². The minimum Gasteiger partial charge on any atom is -0.373 e. The van der Waals surface area contributed by atoms with E-state index in [2.05, 4.69) is 5.32 Å². The highest BCUT2D eigenvalue weighted by molar-refractivity contribution is 7.89. The largest absolute Gasteiger partial charge is 0.373 e. The lowest BCUT2D eigenvalue weighted by molar-refractivity contribution is -0.0440. The standard InChI is InChI=1S/C20H24N2O4S/c1-14-6-4-5-7-19(14)21-20(23)17-8-10-18(11-9-17)27(24,25)22-12-15(2)26-16(3)13-22/h4-11,15-16H,12-13H2,1-3H3,(H,21,23)/t15-,16-/m0/s1. The summed E-state index contributed by atoms with van der Waals surface area (Å²) >= 11 is 0. The van der Waals surface area contributed by atoms with Crippen molar-refractivity contribution in [2.45, 2.75) is 37.9 Å². The summed E-state index contributed by atoms with van der Waals surface area (Å²) in [5.41, 5.74) is 2.09. The zero-order valence-electron chi connectivity index (χ0n) is 15.7. The van der Waals surface area contributed by atoms with Crippen molar-refractivity contribution in [2.24, 2.45) is 0 Å². The van der Waals surface area contributed by atoms with Gasteiger partial charge in [-0.05, 0) is 56.7 Å². The van der Waals surface area contributed by atoms with E-state index in [0.717, 1.165) is 11.3 Å². The number of rotatable bonds is 4. The molecule has 6 nitrogen and oxygen atoms in total. The maximum absolute atomic E-state index is 12.9. The van der Waals surface area contributed by atoms with Gasteiger partial charge in [0.1, 0.15) is 0 Å². The van der Waals surface area contributed by atoms with Crippen molar-refractivity contribution in [3.8, 4) is 0 Å². The van der Waals surface area contributed by atoms with Gasteiger partial charge in [0.05, 0.1) is 17.1 Å². The molecule has 1 aliphatic heterocycles. The number of benzene rings is 2. The summed E-state index contributed by atoms with van der Waals surface area (Å²) in [4.78, 5) is 12.6. The third-order valence-corrected chi connectivity index (χ3v) is 6.38. The van der Waals surface area contributed by atoms with E-state index in [1.807, 2.05) is 45.0 Å². The van der Waals surface area contributed by atoms with Crippen LogP contribution in [-0.2, 0) is 14.8 Å². The average molecular weight is 388 g/mol. The lowest BCUT2D eigenvalue weighted by Gasteiger charge is -2.34. The van der Waals surface area contributed by atoms with Crippen molar-refractivity contribution in [1.29, 1.82) is 0 Å². The van der Waals surface area contributed by atoms with E-state index in [9.17, 15) is 13.2 Å². The molecule has 7 heteroatoms. The highest BCUT2D eigenvalue weighted by Crippen LogP contribution is 2.22. The molecule has 0 bridgehead atoms. The minimum absolute atomic E-state index is 0.150. The van der Waals surface area contributed by atoms with E-state index in [-0.39, 0.29) is 23.0 Å². The number of morpholine rings is 1. The number of hydrogen-bond donors (Lipinski definition) is 1. The van der Waals surface area contributed by atoms with Gasteiger partial charge in [0.2, 0.25) is 10.0 Å². The molecule has 1 aliphatic rings. The van der Waals surface area contributed by atoms with Gasteiger partial charge >= 0.3 is 0 Å². The van der Waals surface area contributed by atoms with Crippen LogP contribution in [0.25, 0.3) is 0 Å². The fraction of sp³-hybridized carbons (Fsp3) is 0.350. The molecule has 0 saturated carbocycles. The summed E-state index contributed by atoms with van der Waals surface area (Å²) in [6.07, 6.45) is -0.301. The lowest BCUT2D eigenvalue weighted by atomic mass is 10.1. The summed E-state index contributed by atoms with van der Waals surface area (Å²) in [5, 5.41) is 2.84. The van der Waals surface area contributed by atoms with Crippen molar-refractivity contribution >= 4 is 21.6 Å². The van der Waals surface area contributed by atoms with E-state index in [1.54, 1.807) is 0 Å². The van der Waals surface area contributed by atoms with Crippen LogP contribution in [0.15, 0.2) is 53.4 Å². The Morgan fingerprint density at radius 2 is 1.63 bits per heavy atom. The quantitative estimate of drug-likeness (QED) is 0.873. The van der Waals surface area contributed by atoms with Crippen LogP contribution >= 0.6 is 0 Å². The second-order valence-electron chi connectivity index (χ2n) is 6.87. The normalized spacial score (nSPS) is 21.0. The summed E-state index contributed by atoms with van der Waals surface area (Å²) in [6.45, 7) is 6.27. The molecule has 0 unspecified atom stereocenters. The number of carbonyl (C=O) groups is 1. The van der Waals surface area contributed by atoms with Crippen LogP contribution in [0, 0.1) is 6.92 Å². The number of sulfonamides is 1. The van der Waals surface area contributed by atoms with Crippen LogP contribution < -0.4 is 5.32 Å². The predicted molar refractivity (Wildman–Crippen MR) is 104 cm³/mol. The molecule has 1 N–H and O–H groups in total. The number of hydrogen-bond acceptors (Lipinski definition) is 4. The Morgan fingerprint density at radius 3 is 2.22 bits per heavy atom. The Balaban J connectivity index is 1.76. The molecule has 3 rings (SSSR count). The molecule has 144 valence electrons. The summed E-state index contributed by atoms with van der Waals surface area (Å²) in [6, 6.07) is 13.5. The highest BCUT2D eigenvalue weighted by Gasteiger charge is 2.32. The lowest BCUT2D eigenvalue weighted by Crippen LogP contribution is -2.48. The van der Waals surface area contributed by atoms with Gasteiger partial charge in [0, 0.05) is 24.3 Å². The molecular formula is C20H24N2O4S. The van der Waals surface area contributed by atoms with Crippen LogP contribution in [0.1, 0.15) is 29.8 Å². The molecule has 1 fully saturated rings. The highest BCUT2D eigenvalue weighted by atomic mass is 32.2. The Kier molecular flexibility index (Phi) is 5.64. The van der Waals surface area contributed by atoms with Crippen LogP contribution in [0.3, 0.4) is 0 Å². The molecule has 1 amide bonds. The van der Waals surface area contributed by atoms with Gasteiger partial charge in [-0.25, -0.2) is 8.42 Å². The predicted octanol–water partition coefficient (Wildman–Crippen LogP) is 3.05. The third kappa shape index (κ3) is 4.37. The zero-order valence-corrected chi connectivity index (χ0v) is 16.5. The number of nitrogens with zero attached hydrogens (tertiary/aromatic N) is 1. The van der Waals surface area contributed by atoms with E-state index < -0.39 is 10.0 Å². The number of ether oxygens (including phenoxy) is 1. The second-order valence-corrected chi connectivity index (χ2v) is 8.81. The maximum atomic E-state index is 12.9. The molecule has 2 aromatic carbocycles. The van der Waals surface area contributed by atoms with Gasteiger partial charge in [-0.15, -0.1) is 0 Å². The maximum Gasteiger partial charge on any atom is 0.255 e.